The van der Waals surface area contributed by atoms with E-state index in [0.717, 1.165) is 13.1 Å². The van der Waals surface area contributed by atoms with Crippen LogP contribution in [-0.2, 0) is 4.79 Å². The van der Waals surface area contributed by atoms with Gasteiger partial charge in [0.25, 0.3) is 5.91 Å². The monoisotopic (exact) mass is 414 g/mol. The van der Waals surface area contributed by atoms with Crippen LogP contribution < -0.4 is 4.74 Å². The molecule has 7 heteroatoms. The van der Waals surface area contributed by atoms with Crippen molar-refractivity contribution in [3.8, 4) is 5.75 Å². The minimum Gasteiger partial charge on any atom is -0.503 e. The van der Waals surface area contributed by atoms with Crippen molar-refractivity contribution < 1.29 is 19.4 Å². The third-order valence-electron chi connectivity index (χ3n) is 5.28. The first-order valence-electron chi connectivity index (χ1n) is 9.71. The summed E-state index contributed by atoms with van der Waals surface area (Å²) >= 11 is 1.29. The number of amides is 1. The van der Waals surface area contributed by atoms with E-state index in [9.17, 15) is 14.7 Å². The average molecular weight is 415 g/mol. The van der Waals surface area contributed by atoms with E-state index in [1.165, 1.54) is 11.3 Å². The first-order chi connectivity index (χ1) is 14.0. The van der Waals surface area contributed by atoms with Gasteiger partial charge < -0.3 is 19.6 Å². The normalized spacial score (nSPS) is 16.8. The number of thiophene rings is 1. The topological polar surface area (TPSA) is 70.1 Å². The third kappa shape index (κ3) is 4.06. The number of methoxy groups -OCH3 is 1. The Balaban J connectivity index is 2.05. The molecule has 1 aliphatic rings. The molecule has 0 radical (unpaired) electrons. The highest BCUT2D eigenvalue weighted by Gasteiger charge is 2.44. The van der Waals surface area contributed by atoms with Gasteiger partial charge in [0.05, 0.1) is 23.6 Å². The Bertz CT molecular complexity index is 903. The number of aliphatic hydroxyl groups is 1. The van der Waals surface area contributed by atoms with Gasteiger partial charge in [-0.1, -0.05) is 38.1 Å². The van der Waals surface area contributed by atoms with Crippen LogP contribution in [0.15, 0.2) is 53.1 Å². The van der Waals surface area contributed by atoms with Gasteiger partial charge in [-0.2, -0.15) is 0 Å². The van der Waals surface area contributed by atoms with Gasteiger partial charge in [-0.15, -0.1) is 11.3 Å². The first-order valence-corrected chi connectivity index (χ1v) is 10.6. The Labute approximate surface area is 175 Å². The van der Waals surface area contributed by atoms with Crippen LogP contribution in [0.2, 0.25) is 0 Å². The Morgan fingerprint density at radius 2 is 1.93 bits per heavy atom. The first kappa shape index (κ1) is 21.1. The zero-order valence-corrected chi connectivity index (χ0v) is 17.7. The number of carbonyl (C=O) groups is 2. The van der Waals surface area contributed by atoms with Crippen LogP contribution in [0.5, 0.6) is 5.75 Å². The number of ketones is 1. The third-order valence-corrected chi connectivity index (χ3v) is 6.15. The summed E-state index contributed by atoms with van der Waals surface area (Å²) in [7, 11) is 1.56. The molecule has 29 heavy (non-hydrogen) atoms. The SMILES string of the molecule is CCN(CC)CCN1C(=O)C(O)=C(C(=O)c2cccs2)[C@@H]1c1ccccc1OC. The van der Waals surface area contributed by atoms with E-state index >= 15 is 0 Å². The molecule has 1 aromatic carbocycles. The van der Waals surface area contributed by atoms with Gasteiger partial charge in [-0.3, -0.25) is 9.59 Å². The highest BCUT2D eigenvalue weighted by Crippen LogP contribution is 2.42. The van der Waals surface area contributed by atoms with Gasteiger partial charge in [0.15, 0.2) is 5.76 Å². The Hall–Kier alpha value is -2.64. The van der Waals surface area contributed by atoms with Crippen LogP contribution in [-0.4, -0.2) is 59.9 Å². The lowest BCUT2D eigenvalue weighted by molar-refractivity contribution is -0.129. The number of rotatable bonds is 9. The molecule has 3 rings (SSSR count). The summed E-state index contributed by atoms with van der Waals surface area (Å²) in [6, 6.07) is 10.1. The molecule has 1 aromatic heterocycles. The fraction of sp³-hybridized carbons (Fsp3) is 0.364. The molecule has 0 bridgehead atoms. The highest BCUT2D eigenvalue weighted by molar-refractivity contribution is 7.12. The van der Waals surface area contributed by atoms with E-state index in [1.54, 1.807) is 35.6 Å². The van der Waals surface area contributed by atoms with Crippen LogP contribution in [0, 0.1) is 0 Å². The summed E-state index contributed by atoms with van der Waals surface area (Å²) in [5.74, 6) is -0.747. The van der Waals surface area contributed by atoms with Crippen LogP contribution in [0.1, 0.15) is 35.1 Å². The summed E-state index contributed by atoms with van der Waals surface area (Å²) in [6.45, 7) is 6.89. The zero-order valence-electron chi connectivity index (χ0n) is 16.9. The summed E-state index contributed by atoms with van der Waals surface area (Å²) in [6.07, 6.45) is 0. The van der Waals surface area contributed by atoms with Crippen molar-refractivity contribution in [1.82, 2.24) is 9.80 Å². The number of Topliss-reactive ketones (excluding diaryl/α,β-unsaturated/α-hetero) is 1. The molecule has 2 aromatic rings. The lowest BCUT2D eigenvalue weighted by atomic mass is 9.94. The summed E-state index contributed by atoms with van der Waals surface area (Å²) < 4.78 is 5.50. The number of hydrogen-bond donors (Lipinski definition) is 1. The number of benzene rings is 1. The quantitative estimate of drug-likeness (QED) is 0.634. The van der Waals surface area contributed by atoms with Gasteiger partial charge >= 0.3 is 0 Å². The molecule has 0 saturated carbocycles. The molecule has 2 heterocycles. The zero-order chi connectivity index (χ0) is 21.0. The molecule has 6 nitrogen and oxygen atoms in total. The van der Waals surface area contributed by atoms with Crippen molar-refractivity contribution in [2.45, 2.75) is 19.9 Å². The van der Waals surface area contributed by atoms with Gasteiger partial charge in [-0.25, -0.2) is 0 Å². The second-order valence-corrected chi connectivity index (χ2v) is 7.69. The van der Waals surface area contributed by atoms with Crippen molar-refractivity contribution in [3.63, 3.8) is 0 Å². The number of nitrogens with zero attached hydrogens (tertiary/aromatic N) is 2. The summed E-state index contributed by atoms with van der Waals surface area (Å²) in [5, 5.41) is 12.5. The molecule has 1 atom stereocenters. The van der Waals surface area contributed by atoms with E-state index in [-0.39, 0.29) is 11.4 Å². The minimum absolute atomic E-state index is 0.112. The lowest BCUT2D eigenvalue weighted by Crippen LogP contribution is -2.38. The number of para-hydroxylation sites is 1. The smallest absolute Gasteiger partial charge is 0.290 e. The van der Waals surface area contributed by atoms with Crippen LogP contribution >= 0.6 is 11.3 Å². The van der Waals surface area contributed by atoms with Gasteiger partial charge in [0.1, 0.15) is 5.75 Å². The highest BCUT2D eigenvalue weighted by atomic mass is 32.1. The minimum atomic E-state index is -0.691. The molecular weight excluding hydrogens is 388 g/mol. The number of ether oxygens (including phenoxy) is 1. The van der Waals surface area contributed by atoms with E-state index in [1.807, 2.05) is 18.2 Å². The molecular formula is C22H26N2O4S. The van der Waals surface area contributed by atoms with Crippen LogP contribution in [0.3, 0.4) is 0 Å². The Morgan fingerprint density at radius 1 is 1.21 bits per heavy atom. The fourth-order valence-electron chi connectivity index (χ4n) is 3.66. The number of likely N-dealkylation sites (N-methyl/N-ethyl adjacent to an activating group) is 1. The van der Waals surface area contributed by atoms with E-state index in [0.29, 0.717) is 29.3 Å². The van der Waals surface area contributed by atoms with Crippen molar-refractivity contribution in [2.75, 3.05) is 33.3 Å². The molecule has 0 unspecified atom stereocenters. The van der Waals surface area contributed by atoms with Gasteiger partial charge in [0, 0.05) is 18.7 Å². The van der Waals surface area contributed by atoms with Crippen molar-refractivity contribution >= 4 is 23.0 Å². The molecule has 1 N–H and O–H groups in total. The standard InChI is InChI=1S/C22H26N2O4S/c1-4-23(5-2)12-13-24-19(15-9-6-7-10-16(15)28-3)18(21(26)22(24)27)20(25)17-11-8-14-29-17/h6-11,14,19,26H,4-5,12-13H2,1-3H3/t19-/m0/s1. The number of hydrogen-bond acceptors (Lipinski definition) is 6. The maximum atomic E-state index is 13.2. The molecule has 0 saturated heterocycles. The maximum absolute atomic E-state index is 13.2. The molecule has 154 valence electrons. The van der Waals surface area contributed by atoms with Crippen molar-refractivity contribution in [3.05, 3.63) is 63.6 Å². The second kappa shape index (κ2) is 9.24. The van der Waals surface area contributed by atoms with Gasteiger partial charge in [-0.05, 0) is 30.6 Å². The number of aliphatic hydroxyl groups excluding tert-OH is 1. The van der Waals surface area contributed by atoms with Crippen molar-refractivity contribution in [1.29, 1.82) is 0 Å². The predicted octanol–water partition coefficient (Wildman–Crippen LogP) is 3.68. The van der Waals surface area contributed by atoms with Crippen molar-refractivity contribution in [2.24, 2.45) is 0 Å². The molecule has 0 aliphatic carbocycles. The second-order valence-electron chi connectivity index (χ2n) is 6.74. The maximum Gasteiger partial charge on any atom is 0.290 e. The number of carbonyl (C=O) groups excluding carboxylic acids is 2. The fourth-order valence-corrected chi connectivity index (χ4v) is 4.34. The van der Waals surface area contributed by atoms with Crippen LogP contribution in [0.25, 0.3) is 0 Å². The average Bonchev–Trinajstić information content (AvgIpc) is 3.37. The lowest BCUT2D eigenvalue weighted by Gasteiger charge is -2.30. The predicted molar refractivity (Wildman–Crippen MR) is 114 cm³/mol. The largest absolute Gasteiger partial charge is 0.503 e. The van der Waals surface area contributed by atoms with E-state index in [4.69, 9.17) is 4.74 Å². The Morgan fingerprint density at radius 3 is 2.55 bits per heavy atom. The molecule has 0 fully saturated rings. The summed E-state index contributed by atoms with van der Waals surface area (Å²) in [4.78, 5) is 30.4. The Kier molecular flexibility index (Phi) is 6.71. The van der Waals surface area contributed by atoms with E-state index in [2.05, 4.69) is 18.7 Å². The van der Waals surface area contributed by atoms with E-state index < -0.39 is 17.7 Å². The molecule has 1 amide bonds. The van der Waals surface area contributed by atoms with Gasteiger partial charge in [0.2, 0.25) is 5.78 Å². The van der Waals surface area contributed by atoms with Crippen LogP contribution in [0.4, 0.5) is 0 Å². The molecule has 1 aliphatic heterocycles. The summed E-state index contributed by atoms with van der Waals surface area (Å²) in [5.41, 5.74) is 0.799. The molecule has 0 spiro atoms.